The second-order valence-corrected chi connectivity index (χ2v) is 8.74. The van der Waals surface area contributed by atoms with Gasteiger partial charge in [-0.3, -0.25) is 4.90 Å². The van der Waals surface area contributed by atoms with Gasteiger partial charge in [0.25, 0.3) is 0 Å². The first kappa shape index (κ1) is 17.1. The van der Waals surface area contributed by atoms with Gasteiger partial charge < -0.3 is 5.73 Å². The molecule has 1 aliphatic carbocycles. The Morgan fingerprint density at radius 2 is 1.76 bits per heavy atom. The van der Waals surface area contributed by atoms with Gasteiger partial charge in [-0.25, -0.2) is 13.1 Å². The van der Waals surface area contributed by atoms with Crippen molar-refractivity contribution in [1.82, 2.24) is 9.62 Å². The molecule has 0 aromatic carbocycles. The van der Waals surface area contributed by atoms with Crippen molar-refractivity contribution >= 4 is 27.2 Å². The van der Waals surface area contributed by atoms with Gasteiger partial charge in [-0.2, -0.15) is 0 Å². The number of nitrogens with zero attached hydrogens (tertiary/aromatic N) is 1. The first-order chi connectivity index (χ1) is 9.94. The van der Waals surface area contributed by atoms with Crippen molar-refractivity contribution in [2.24, 2.45) is 11.7 Å². The normalized spacial score (nSPS) is 23.2. The van der Waals surface area contributed by atoms with E-state index in [0.717, 1.165) is 38.8 Å². The van der Waals surface area contributed by atoms with Crippen LogP contribution < -0.4 is 10.5 Å². The third kappa shape index (κ3) is 6.18. The second-order valence-electron chi connectivity index (χ2n) is 6.42. The molecule has 7 heteroatoms. The van der Waals surface area contributed by atoms with Crippen LogP contribution in [-0.2, 0) is 10.0 Å². The Balaban J connectivity index is 1.75. The summed E-state index contributed by atoms with van der Waals surface area (Å²) in [5, 5.41) is 0. The van der Waals surface area contributed by atoms with Crippen molar-refractivity contribution in [1.29, 1.82) is 0 Å². The largest absolute Gasteiger partial charge is 0.392 e. The number of hydrogen-bond acceptors (Lipinski definition) is 4. The Morgan fingerprint density at radius 3 is 2.33 bits per heavy atom. The SMILES string of the molecule is NC(=S)CN1CCC(NS(=O)(=O)CC2CCCCC2)CC1. The quantitative estimate of drug-likeness (QED) is 0.715. The first-order valence-corrected chi connectivity index (χ1v) is 10.0. The van der Waals surface area contributed by atoms with E-state index in [4.69, 9.17) is 18.0 Å². The zero-order chi connectivity index (χ0) is 15.3. The highest BCUT2D eigenvalue weighted by Crippen LogP contribution is 2.25. The average Bonchev–Trinajstić information content (AvgIpc) is 2.40. The minimum absolute atomic E-state index is 0.0705. The van der Waals surface area contributed by atoms with Crippen LogP contribution in [0.4, 0.5) is 0 Å². The molecule has 0 aromatic rings. The lowest BCUT2D eigenvalue weighted by Gasteiger charge is -2.32. The summed E-state index contributed by atoms with van der Waals surface area (Å²) in [4.78, 5) is 2.69. The van der Waals surface area contributed by atoms with Crippen LogP contribution >= 0.6 is 12.2 Å². The Bertz CT molecular complexity index is 439. The molecule has 0 atom stereocenters. The summed E-state index contributed by atoms with van der Waals surface area (Å²) in [6.07, 6.45) is 7.42. The van der Waals surface area contributed by atoms with Gasteiger partial charge >= 0.3 is 0 Å². The monoisotopic (exact) mass is 333 g/mol. The minimum atomic E-state index is -3.14. The van der Waals surface area contributed by atoms with Crippen LogP contribution in [0.25, 0.3) is 0 Å². The maximum atomic E-state index is 12.3. The number of nitrogens with one attached hydrogen (secondary N) is 1. The molecule has 5 nitrogen and oxygen atoms in total. The van der Waals surface area contributed by atoms with Gasteiger partial charge in [0.1, 0.15) is 0 Å². The van der Waals surface area contributed by atoms with Gasteiger partial charge in [-0.1, -0.05) is 31.5 Å². The van der Waals surface area contributed by atoms with Gasteiger partial charge in [-0.15, -0.1) is 0 Å². The lowest BCUT2D eigenvalue weighted by Crippen LogP contribution is -2.47. The van der Waals surface area contributed by atoms with E-state index in [2.05, 4.69) is 9.62 Å². The fraction of sp³-hybridized carbons (Fsp3) is 0.929. The Labute approximate surface area is 133 Å². The molecule has 122 valence electrons. The van der Waals surface area contributed by atoms with Crippen molar-refractivity contribution in [2.45, 2.75) is 51.0 Å². The second kappa shape index (κ2) is 7.85. The van der Waals surface area contributed by atoms with Gasteiger partial charge in [0, 0.05) is 25.7 Å². The molecular formula is C14H27N3O2S2. The molecule has 2 aliphatic rings. The molecule has 21 heavy (non-hydrogen) atoms. The number of nitrogens with two attached hydrogens (primary N) is 1. The van der Waals surface area contributed by atoms with E-state index in [9.17, 15) is 8.42 Å². The van der Waals surface area contributed by atoms with E-state index < -0.39 is 10.0 Å². The van der Waals surface area contributed by atoms with E-state index in [1.54, 1.807) is 0 Å². The molecule has 0 aromatic heterocycles. The number of likely N-dealkylation sites (tertiary alicyclic amines) is 1. The molecule has 2 fully saturated rings. The van der Waals surface area contributed by atoms with Gasteiger partial charge in [0.2, 0.25) is 10.0 Å². The molecule has 3 N–H and O–H groups in total. The van der Waals surface area contributed by atoms with Crippen LogP contribution in [-0.4, -0.2) is 49.7 Å². The van der Waals surface area contributed by atoms with Crippen molar-refractivity contribution in [2.75, 3.05) is 25.4 Å². The summed E-state index contributed by atoms with van der Waals surface area (Å²) in [7, 11) is -3.14. The highest BCUT2D eigenvalue weighted by molar-refractivity contribution is 7.89. The first-order valence-electron chi connectivity index (χ1n) is 7.95. The fourth-order valence-corrected chi connectivity index (χ4v) is 5.37. The maximum Gasteiger partial charge on any atom is 0.212 e. The maximum absolute atomic E-state index is 12.3. The summed E-state index contributed by atoms with van der Waals surface area (Å²) in [6, 6.07) is 0.0705. The van der Waals surface area contributed by atoms with E-state index in [0.29, 0.717) is 23.2 Å². The molecule has 1 heterocycles. The Kier molecular flexibility index (Phi) is 6.40. The fourth-order valence-electron chi connectivity index (χ4n) is 3.40. The molecular weight excluding hydrogens is 306 g/mol. The molecule has 1 saturated heterocycles. The van der Waals surface area contributed by atoms with Crippen molar-refractivity contribution in [3.63, 3.8) is 0 Å². The zero-order valence-electron chi connectivity index (χ0n) is 12.6. The number of piperidine rings is 1. The van der Waals surface area contributed by atoms with Crippen LogP contribution in [0.2, 0.25) is 0 Å². The standard InChI is InChI=1S/C14H27N3O2S2/c15-14(20)10-17-8-6-13(7-9-17)16-21(18,19)11-12-4-2-1-3-5-12/h12-13,16H,1-11H2,(H2,15,20). The highest BCUT2D eigenvalue weighted by atomic mass is 32.2. The van der Waals surface area contributed by atoms with E-state index >= 15 is 0 Å². The van der Waals surface area contributed by atoms with Crippen LogP contribution in [0, 0.1) is 5.92 Å². The summed E-state index contributed by atoms with van der Waals surface area (Å²) < 4.78 is 27.4. The molecule has 2 rings (SSSR count). The number of thiocarbonyl (C=S) groups is 1. The van der Waals surface area contributed by atoms with Gasteiger partial charge in [0.05, 0.1) is 10.7 Å². The smallest absolute Gasteiger partial charge is 0.212 e. The third-order valence-corrected chi connectivity index (χ3v) is 6.22. The van der Waals surface area contributed by atoms with Crippen LogP contribution in [0.5, 0.6) is 0 Å². The van der Waals surface area contributed by atoms with Crippen LogP contribution in [0.3, 0.4) is 0 Å². The third-order valence-electron chi connectivity index (χ3n) is 4.49. The Morgan fingerprint density at radius 1 is 1.14 bits per heavy atom. The molecule has 0 unspecified atom stereocenters. The van der Waals surface area contributed by atoms with Crippen LogP contribution in [0.1, 0.15) is 44.9 Å². The minimum Gasteiger partial charge on any atom is -0.392 e. The summed E-state index contributed by atoms with van der Waals surface area (Å²) in [6.45, 7) is 2.35. The van der Waals surface area contributed by atoms with E-state index in [1.807, 2.05) is 0 Å². The molecule has 1 saturated carbocycles. The summed E-state index contributed by atoms with van der Waals surface area (Å²) in [5.41, 5.74) is 5.54. The van der Waals surface area contributed by atoms with E-state index in [-0.39, 0.29) is 6.04 Å². The highest BCUT2D eigenvalue weighted by Gasteiger charge is 2.26. The molecule has 0 amide bonds. The zero-order valence-corrected chi connectivity index (χ0v) is 14.2. The molecule has 0 radical (unpaired) electrons. The Hall–Kier alpha value is -0.240. The van der Waals surface area contributed by atoms with Crippen molar-refractivity contribution in [3.05, 3.63) is 0 Å². The predicted molar refractivity (Wildman–Crippen MR) is 89.7 cm³/mol. The van der Waals surface area contributed by atoms with Crippen molar-refractivity contribution < 1.29 is 8.42 Å². The molecule has 0 bridgehead atoms. The lowest BCUT2D eigenvalue weighted by molar-refractivity contribution is 0.232. The average molecular weight is 334 g/mol. The van der Waals surface area contributed by atoms with E-state index in [1.165, 1.54) is 19.3 Å². The van der Waals surface area contributed by atoms with Gasteiger partial charge in [-0.05, 0) is 31.6 Å². The summed E-state index contributed by atoms with van der Waals surface area (Å²) in [5.74, 6) is 0.658. The predicted octanol–water partition coefficient (Wildman–Crippen LogP) is 1.24. The number of rotatable bonds is 6. The van der Waals surface area contributed by atoms with Crippen LogP contribution in [0.15, 0.2) is 0 Å². The number of sulfonamides is 1. The lowest BCUT2D eigenvalue weighted by atomic mass is 9.91. The molecule has 1 aliphatic heterocycles. The van der Waals surface area contributed by atoms with Gasteiger partial charge in [0.15, 0.2) is 0 Å². The number of hydrogen-bond donors (Lipinski definition) is 2. The summed E-state index contributed by atoms with van der Waals surface area (Å²) >= 11 is 4.91. The molecule has 0 spiro atoms. The topological polar surface area (TPSA) is 75.4 Å². The van der Waals surface area contributed by atoms with Crippen molar-refractivity contribution in [3.8, 4) is 0 Å².